The summed E-state index contributed by atoms with van der Waals surface area (Å²) in [6, 6.07) is 7.84. The van der Waals surface area contributed by atoms with E-state index in [2.05, 4.69) is 22.2 Å². The summed E-state index contributed by atoms with van der Waals surface area (Å²) in [7, 11) is 0. The molecule has 0 saturated carbocycles. The van der Waals surface area contributed by atoms with Gasteiger partial charge in [0.2, 0.25) is 0 Å². The SMILES string of the molecule is CCNCc1cnc(Oc2ccccc2OCC)nc1C. The Balaban J connectivity index is 2.15. The quantitative estimate of drug-likeness (QED) is 0.848. The zero-order valence-electron chi connectivity index (χ0n) is 12.7. The van der Waals surface area contributed by atoms with Crippen LogP contribution in [0.1, 0.15) is 25.1 Å². The van der Waals surface area contributed by atoms with E-state index in [1.165, 1.54) is 0 Å². The van der Waals surface area contributed by atoms with Gasteiger partial charge in [0.25, 0.3) is 0 Å². The van der Waals surface area contributed by atoms with Gasteiger partial charge < -0.3 is 14.8 Å². The Morgan fingerprint density at radius 3 is 2.57 bits per heavy atom. The van der Waals surface area contributed by atoms with E-state index in [1.54, 1.807) is 6.20 Å². The number of nitrogens with one attached hydrogen (secondary N) is 1. The first kappa shape index (κ1) is 15.3. The van der Waals surface area contributed by atoms with Crippen LogP contribution in [0, 0.1) is 6.92 Å². The van der Waals surface area contributed by atoms with Gasteiger partial charge in [0.05, 0.1) is 6.61 Å². The number of para-hydroxylation sites is 2. The van der Waals surface area contributed by atoms with Crippen LogP contribution in [0.5, 0.6) is 17.5 Å². The Morgan fingerprint density at radius 2 is 1.90 bits per heavy atom. The van der Waals surface area contributed by atoms with Crippen LogP contribution >= 0.6 is 0 Å². The second kappa shape index (κ2) is 7.59. The molecule has 0 aliphatic heterocycles. The monoisotopic (exact) mass is 287 g/mol. The maximum absolute atomic E-state index is 5.73. The van der Waals surface area contributed by atoms with Crippen LogP contribution in [-0.4, -0.2) is 23.1 Å². The minimum absolute atomic E-state index is 0.333. The molecule has 1 aromatic heterocycles. The molecule has 0 saturated heterocycles. The summed E-state index contributed by atoms with van der Waals surface area (Å²) in [6.45, 7) is 8.22. The Morgan fingerprint density at radius 1 is 1.14 bits per heavy atom. The van der Waals surface area contributed by atoms with Crippen LogP contribution in [0.25, 0.3) is 0 Å². The Labute approximate surface area is 125 Å². The molecule has 5 heteroatoms. The molecule has 1 aromatic carbocycles. The highest BCUT2D eigenvalue weighted by atomic mass is 16.5. The third-order valence-corrected chi connectivity index (χ3v) is 2.97. The smallest absolute Gasteiger partial charge is 0.322 e. The lowest BCUT2D eigenvalue weighted by molar-refractivity contribution is 0.317. The molecular formula is C16H21N3O2. The molecule has 0 atom stereocenters. The highest BCUT2D eigenvalue weighted by molar-refractivity contribution is 5.41. The number of hydrogen-bond donors (Lipinski definition) is 1. The van der Waals surface area contributed by atoms with E-state index in [4.69, 9.17) is 9.47 Å². The van der Waals surface area contributed by atoms with Gasteiger partial charge in [0.1, 0.15) is 0 Å². The fourth-order valence-electron chi connectivity index (χ4n) is 1.86. The van der Waals surface area contributed by atoms with Crippen molar-refractivity contribution in [3.8, 4) is 17.5 Å². The maximum atomic E-state index is 5.73. The predicted octanol–water partition coefficient (Wildman–Crippen LogP) is 3.09. The fourth-order valence-corrected chi connectivity index (χ4v) is 1.86. The van der Waals surface area contributed by atoms with Crippen molar-refractivity contribution in [2.45, 2.75) is 27.3 Å². The predicted molar refractivity (Wildman–Crippen MR) is 81.8 cm³/mol. The highest BCUT2D eigenvalue weighted by Gasteiger charge is 2.09. The summed E-state index contributed by atoms with van der Waals surface area (Å²) in [5.74, 6) is 1.32. The molecule has 1 N–H and O–H groups in total. The van der Waals surface area contributed by atoms with E-state index in [0.29, 0.717) is 24.1 Å². The van der Waals surface area contributed by atoms with E-state index in [0.717, 1.165) is 24.3 Å². The van der Waals surface area contributed by atoms with Crippen molar-refractivity contribution in [1.82, 2.24) is 15.3 Å². The summed E-state index contributed by atoms with van der Waals surface area (Å²) < 4.78 is 11.3. The van der Waals surface area contributed by atoms with Gasteiger partial charge in [-0.1, -0.05) is 19.1 Å². The van der Waals surface area contributed by atoms with Gasteiger partial charge >= 0.3 is 6.01 Å². The third-order valence-electron chi connectivity index (χ3n) is 2.97. The minimum Gasteiger partial charge on any atom is -0.490 e. The summed E-state index contributed by atoms with van der Waals surface area (Å²) in [5.41, 5.74) is 1.98. The molecule has 0 amide bonds. The van der Waals surface area contributed by atoms with Gasteiger partial charge in [0, 0.05) is 24.0 Å². The van der Waals surface area contributed by atoms with Crippen LogP contribution in [0.2, 0.25) is 0 Å². The number of aromatic nitrogens is 2. The lowest BCUT2D eigenvalue weighted by Gasteiger charge is -2.11. The first-order chi connectivity index (χ1) is 10.2. The molecule has 5 nitrogen and oxygen atoms in total. The molecule has 0 unspecified atom stereocenters. The van der Waals surface area contributed by atoms with Gasteiger partial charge in [-0.15, -0.1) is 0 Å². The van der Waals surface area contributed by atoms with Crippen LogP contribution in [0.15, 0.2) is 30.5 Å². The molecule has 0 aliphatic rings. The topological polar surface area (TPSA) is 56.3 Å². The summed E-state index contributed by atoms with van der Waals surface area (Å²) in [6.07, 6.45) is 1.80. The van der Waals surface area contributed by atoms with Gasteiger partial charge in [-0.3, -0.25) is 0 Å². The molecule has 112 valence electrons. The van der Waals surface area contributed by atoms with E-state index < -0.39 is 0 Å². The zero-order valence-corrected chi connectivity index (χ0v) is 12.7. The van der Waals surface area contributed by atoms with Crippen molar-refractivity contribution in [1.29, 1.82) is 0 Å². The number of benzene rings is 1. The minimum atomic E-state index is 0.333. The standard InChI is InChI=1S/C16H21N3O2/c1-4-17-10-13-11-18-16(19-12(13)3)21-15-9-7-6-8-14(15)20-5-2/h6-9,11,17H,4-5,10H2,1-3H3. The molecular weight excluding hydrogens is 266 g/mol. The Hall–Kier alpha value is -2.14. The zero-order chi connectivity index (χ0) is 15.1. The summed E-state index contributed by atoms with van der Waals surface area (Å²) in [5, 5.41) is 3.26. The van der Waals surface area contributed by atoms with E-state index in [9.17, 15) is 0 Å². The van der Waals surface area contributed by atoms with Crippen molar-refractivity contribution < 1.29 is 9.47 Å². The normalized spacial score (nSPS) is 10.4. The Bertz CT molecular complexity index is 587. The molecule has 0 aliphatic carbocycles. The lowest BCUT2D eigenvalue weighted by Crippen LogP contribution is -2.13. The van der Waals surface area contributed by atoms with Gasteiger partial charge in [-0.25, -0.2) is 4.98 Å². The molecule has 0 spiro atoms. The van der Waals surface area contributed by atoms with Crippen molar-refractivity contribution in [3.63, 3.8) is 0 Å². The molecule has 1 heterocycles. The van der Waals surface area contributed by atoms with E-state index >= 15 is 0 Å². The molecule has 0 radical (unpaired) electrons. The van der Waals surface area contributed by atoms with Crippen LogP contribution < -0.4 is 14.8 Å². The van der Waals surface area contributed by atoms with Gasteiger partial charge in [-0.05, 0) is 32.5 Å². The maximum Gasteiger partial charge on any atom is 0.322 e. The number of rotatable bonds is 7. The second-order valence-electron chi connectivity index (χ2n) is 4.53. The fraction of sp³-hybridized carbons (Fsp3) is 0.375. The van der Waals surface area contributed by atoms with Crippen molar-refractivity contribution in [3.05, 3.63) is 41.7 Å². The average molecular weight is 287 g/mol. The van der Waals surface area contributed by atoms with E-state index in [-0.39, 0.29) is 0 Å². The largest absolute Gasteiger partial charge is 0.490 e. The number of nitrogens with zero attached hydrogens (tertiary/aromatic N) is 2. The van der Waals surface area contributed by atoms with Gasteiger partial charge in [-0.2, -0.15) is 4.98 Å². The molecule has 0 bridgehead atoms. The molecule has 21 heavy (non-hydrogen) atoms. The summed E-state index contributed by atoms with van der Waals surface area (Å²) in [4.78, 5) is 8.65. The number of aryl methyl sites for hydroxylation is 1. The average Bonchev–Trinajstić information content (AvgIpc) is 2.49. The van der Waals surface area contributed by atoms with Crippen molar-refractivity contribution in [2.24, 2.45) is 0 Å². The highest BCUT2D eigenvalue weighted by Crippen LogP contribution is 2.29. The van der Waals surface area contributed by atoms with E-state index in [1.807, 2.05) is 38.1 Å². The summed E-state index contributed by atoms with van der Waals surface area (Å²) >= 11 is 0. The molecule has 2 aromatic rings. The van der Waals surface area contributed by atoms with Crippen molar-refractivity contribution >= 4 is 0 Å². The van der Waals surface area contributed by atoms with Crippen LogP contribution in [0.3, 0.4) is 0 Å². The van der Waals surface area contributed by atoms with Crippen LogP contribution in [0.4, 0.5) is 0 Å². The van der Waals surface area contributed by atoms with Crippen LogP contribution in [-0.2, 0) is 6.54 Å². The lowest BCUT2D eigenvalue weighted by atomic mass is 10.2. The third kappa shape index (κ3) is 4.16. The van der Waals surface area contributed by atoms with Gasteiger partial charge in [0.15, 0.2) is 11.5 Å². The second-order valence-corrected chi connectivity index (χ2v) is 4.53. The molecule has 0 fully saturated rings. The number of ether oxygens (including phenoxy) is 2. The molecule has 2 rings (SSSR count). The number of hydrogen-bond acceptors (Lipinski definition) is 5. The van der Waals surface area contributed by atoms with Crippen molar-refractivity contribution in [2.75, 3.05) is 13.2 Å². The first-order valence-corrected chi connectivity index (χ1v) is 7.17. The first-order valence-electron chi connectivity index (χ1n) is 7.17. The Kier molecular flexibility index (Phi) is 5.51.